The van der Waals surface area contributed by atoms with Crippen molar-refractivity contribution in [2.45, 2.75) is 12.5 Å². The summed E-state index contributed by atoms with van der Waals surface area (Å²) in [4.78, 5) is 13.2. The Morgan fingerprint density at radius 1 is 1.71 bits per heavy atom. The van der Waals surface area contributed by atoms with Crippen molar-refractivity contribution in [2.75, 3.05) is 19.6 Å². The Bertz CT molecular complexity index is 274. The topological polar surface area (TPSA) is 47.3 Å². The van der Waals surface area contributed by atoms with Crippen molar-refractivity contribution in [1.29, 1.82) is 5.26 Å². The number of hydrogen-bond acceptors (Lipinski definition) is 3. The molecule has 5 heteroatoms. The smallest absolute Gasteiger partial charge is 0.246 e. The average molecular weight is 305 g/mol. The van der Waals surface area contributed by atoms with E-state index >= 15 is 0 Å². The molecule has 1 atom stereocenters. The number of carbonyl (C=O) groups excluding carboxylic acids is 1. The molecule has 0 aromatic carbocycles. The minimum absolute atomic E-state index is 0.0103. The molecule has 0 saturated carbocycles. The van der Waals surface area contributed by atoms with E-state index in [0.29, 0.717) is 13.0 Å². The lowest BCUT2D eigenvalue weighted by molar-refractivity contribution is -0.129. The van der Waals surface area contributed by atoms with Crippen molar-refractivity contribution in [2.24, 2.45) is 0 Å². The Morgan fingerprint density at radius 2 is 2.43 bits per heavy atom. The van der Waals surface area contributed by atoms with E-state index in [0.717, 1.165) is 13.1 Å². The van der Waals surface area contributed by atoms with Crippen LogP contribution in [0.2, 0.25) is 0 Å². The predicted molar refractivity (Wildman–Crippen MR) is 61.5 cm³/mol. The highest BCUT2D eigenvalue weighted by Crippen LogP contribution is 2.15. The van der Waals surface area contributed by atoms with E-state index in [1.807, 2.05) is 0 Å². The van der Waals surface area contributed by atoms with Gasteiger partial charge in [-0.1, -0.05) is 6.58 Å². The number of nitrogens with zero attached hydrogens (tertiary/aromatic N) is 3. The first kappa shape index (κ1) is 11.5. The Balaban J connectivity index is 2.67. The van der Waals surface area contributed by atoms with Crippen molar-refractivity contribution < 1.29 is 4.79 Å². The maximum absolute atomic E-state index is 11.4. The minimum atomic E-state index is -0.0743. The number of halogens is 1. The van der Waals surface area contributed by atoms with Gasteiger partial charge in [0.2, 0.25) is 5.91 Å². The maximum atomic E-state index is 11.4. The van der Waals surface area contributed by atoms with Crippen LogP contribution < -0.4 is 0 Å². The molecule has 0 unspecified atom stereocenters. The second kappa shape index (κ2) is 5.32. The fourth-order valence-corrected chi connectivity index (χ4v) is 2.18. The molecule has 0 aliphatic carbocycles. The molecule has 14 heavy (non-hydrogen) atoms. The third kappa shape index (κ3) is 2.69. The summed E-state index contributed by atoms with van der Waals surface area (Å²) in [5, 5.41) is 8.64. The fourth-order valence-electron chi connectivity index (χ4n) is 1.50. The quantitative estimate of drug-likeness (QED) is 0.433. The lowest BCUT2D eigenvalue weighted by Crippen LogP contribution is -2.51. The summed E-state index contributed by atoms with van der Waals surface area (Å²) >= 11 is 2.22. The molecule has 0 radical (unpaired) electrons. The first-order valence-corrected chi connectivity index (χ1v) is 5.36. The maximum Gasteiger partial charge on any atom is 0.246 e. The number of piperazine rings is 1. The van der Waals surface area contributed by atoms with Crippen LogP contribution in [0.5, 0.6) is 0 Å². The van der Waals surface area contributed by atoms with E-state index in [9.17, 15) is 4.79 Å². The highest BCUT2D eigenvalue weighted by atomic mass is 127. The van der Waals surface area contributed by atoms with Gasteiger partial charge < -0.3 is 4.90 Å². The van der Waals surface area contributed by atoms with Crippen molar-refractivity contribution in [3.05, 3.63) is 12.7 Å². The molecule has 0 aromatic rings. The molecule has 1 saturated heterocycles. The summed E-state index contributed by atoms with van der Waals surface area (Å²) in [6, 6.07) is 2.12. The average Bonchev–Trinajstić information content (AvgIpc) is 2.17. The molecule has 0 aromatic heterocycles. The van der Waals surface area contributed by atoms with Gasteiger partial charge in [0, 0.05) is 42.5 Å². The van der Waals surface area contributed by atoms with Gasteiger partial charge in [-0.3, -0.25) is 4.79 Å². The van der Waals surface area contributed by atoms with Crippen LogP contribution in [0.25, 0.3) is 0 Å². The van der Waals surface area contributed by atoms with E-state index < -0.39 is 0 Å². The lowest BCUT2D eigenvalue weighted by Gasteiger charge is -2.37. The Hall–Kier alpha value is -0.610. The SMILES string of the molecule is C=CC(=O)N1CCN(I)C[C@@H]1CC#N. The molecule has 1 fully saturated rings. The lowest BCUT2D eigenvalue weighted by atomic mass is 10.1. The molecular weight excluding hydrogens is 293 g/mol. The van der Waals surface area contributed by atoms with Crippen LogP contribution in [0.15, 0.2) is 12.7 Å². The summed E-state index contributed by atoms with van der Waals surface area (Å²) in [6.07, 6.45) is 1.70. The zero-order chi connectivity index (χ0) is 10.6. The van der Waals surface area contributed by atoms with E-state index in [-0.39, 0.29) is 11.9 Å². The van der Waals surface area contributed by atoms with Crippen molar-refractivity contribution in [3.8, 4) is 6.07 Å². The zero-order valence-corrected chi connectivity index (χ0v) is 9.98. The number of hydrogen-bond donors (Lipinski definition) is 0. The fraction of sp³-hybridized carbons (Fsp3) is 0.556. The Morgan fingerprint density at radius 3 is 3.00 bits per heavy atom. The van der Waals surface area contributed by atoms with E-state index in [1.54, 1.807) is 4.90 Å². The molecule has 0 N–H and O–H groups in total. The standard InChI is InChI=1S/C9H12IN3O/c1-2-9(14)13-6-5-12(10)7-8(13)3-4-11/h2,8H,1,3,5-7H2/t8-/m0/s1. The molecule has 1 amide bonds. The second-order valence-corrected chi connectivity index (χ2v) is 4.49. The first-order chi connectivity index (χ1) is 6.69. The molecule has 1 aliphatic rings. The van der Waals surface area contributed by atoms with Gasteiger partial charge in [-0.05, 0) is 6.08 Å². The van der Waals surface area contributed by atoms with Crippen LogP contribution in [0, 0.1) is 11.3 Å². The number of rotatable bonds is 2. The third-order valence-corrected chi connectivity index (χ3v) is 3.09. The van der Waals surface area contributed by atoms with Crippen LogP contribution in [0.1, 0.15) is 6.42 Å². The monoisotopic (exact) mass is 305 g/mol. The molecule has 0 spiro atoms. The summed E-state index contributed by atoms with van der Waals surface area (Å²) in [5.41, 5.74) is 0. The number of amides is 1. The van der Waals surface area contributed by atoms with Crippen molar-refractivity contribution in [1.82, 2.24) is 8.01 Å². The summed E-state index contributed by atoms with van der Waals surface area (Å²) in [5.74, 6) is -0.0743. The third-order valence-electron chi connectivity index (χ3n) is 2.22. The Kier molecular flexibility index (Phi) is 4.35. The van der Waals surface area contributed by atoms with Crippen LogP contribution in [-0.2, 0) is 4.79 Å². The van der Waals surface area contributed by atoms with Gasteiger partial charge in [-0.2, -0.15) is 5.26 Å². The zero-order valence-electron chi connectivity index (χ0n) is 7.82. The van der Waals surface area contributed by atoms with Gasteiger partial charge in [-0.15, -0.1) is 0 Å². The molecule has 0 bridgehead atoms. The molecule has 76 valence electrons. The second-order valence-electron chi connectivity index (χ2n) is 3.12. The van der Waals surface area contributed by atoms with E-state index in [2.05, 4.69) is 38.6 Å². The van der Waals surface area contributed by atoms with Gasteiger partial charge in [0.1, 0.15) is 0 Å². The largest absolute Gasteiger partial charge is 0.333 e. The van der Waals surface area contributed by atoms with Crippen LogP contribution in [-0.4, -0.2) is 39.6 Å². The summed E-state index contributed by atoms with van der Waals surface area (Å²) < 4.78 is 2.10. The van der Waals surface area contributed by atoms with Crippen molar-refractivity contribution >= 4 is 28.8 Å². The normalized spacial score (nSPS) is 22.9. The van der Waals surface area contributed by atoms with Gasteiger partial charge in [-0.25, -0.2) is 3.11 Å². The molecule has 1 rings (SSSR count). The number of nitriles is 1. The summed E-state index contributed by atoms with van der Waals surface area (Å²) in [7, 11) is 0. The van der Waals surface area contributed by atoms with Gasteiger partial charge >= 0.3 is 0 Å². The molecule has 1 heterocycles. The minimum Gasteiger partial charge on any atom is -0.333 e. The van der Waals surface area contributed by atoms with Gasteiger partial charge in [0.15, 0.2) is 0 Å². The number of carbonyl (C=O) groups is 1. The molecule has 1 aliphatic heterocycles. The van der Waals surface area contributed by atoms with Crippen molar-refractivity contribution in [3.63, 3.8) is 0 Å². The highest BCUT2D eigenvalue weighted by molar-refractivity contribution is 14.1. The predicted octanol–water partition coefficient (Wildman–Crippen LogP) is 0.949. The van der Waals surface area contributed by atoms with Gasteiger partial charge in [0.05, 0.1) is 18.5 Å². The van der Waals surface area contributed by atoms with E-state index in [1.165, 1.54) is 6.08 Å². The van der Waals surface area contributed by atoms with Crippen LogP contribution in [0.4, 0.5) is 0 Å². The van der Waals surface area contributed by atoms with E-state index in [4.69, 9.17) is 5.26 Å². The molecular formula is C9H12IN3O. The van der Waals surface area contributed by atoms with Gasteiger partial charge in [0.25, 0.3) is 0 Å². The highest BCUT2D eigenvalue weighted by Gasteiger charge is 2.27. The van der Waals surface area contributed by atoms with Crippen LogP contribution >= 0.6 is 22.9 Å². The summed E-state index contributed by atoms with van der Waals surface area (Å²) in [6.45, 7) is 5.75. The molecule has 4 nitrogen and oxygen atoms in total. The van der Waals surface area contributed by atoms with Crippen LogP contribution in [0.3, 0.4) is 0 Å². The Labute approximate surface area is 97.7 Å². The first-order valence-electron chi connectivity index (χ1n) is 4.39.